The largest absolute Gasteiger partial charge is 0.367 e. The third-order valence-electron chi connectivity index (χ3n) is 1.43. The Hall–Kier alpha value is -0.600. The van der Waals surface area contributed by atoms with Gasteiger partial charge in [0, 0.05) is 0 Å². The number of allylic oxidation sites excluding steroid dienone is 1. The molecule has 0 fully saturated rings. The quantitative estimate of drug-likeness (QED) is 0.677. The summed E-state index contributed by atoms with van der Waals surface area (Å²) >= 11 is 4.02. The van der Waals surface area contributed by atoms with Gasteiger partial charge in [0.2, 0.25) is 17.3 Å². The van der Waals surface area contributed by atoms with Crippen LogP contribution in [-0.2, 0) is 0 Å². The maximum absolute atomic E-state index is 12.4. The lowest BCUT2D eigenvalue weighted by Crippen LogP contribution is -2.51. The number of halogens is 10. The summed E-state index contributed by atoms with van der Waals surface area (Å²) in [5.41, 5.74) is 0. The minimum absolute atomic E-state index is 2.87. The molecule has 0 aliphatic heterocycles. The molecule has 0 aromatic rings. The first kappa shape index (κ1) is 15.4. The molecule has 0 aromatic carbocycles. The van der Waals surface area contributed by atoms with E-state index in [1.807, 2.05) is 0 Å². The minimum Gasteiger partial charge on any atom is -0.234 e. The van der Waals surface area contributed by atoms with Gasteiger partial charge in [0.25, 0.3) is 6.43 Å². The molecule has 0 radical (unpaired) electrons. The lowest BCUT2D eigenvalue weighted by Gasteiger charge is -2.27. The van der Waals surface area contributed by atoms with Gasteiger partial charge in [-0.1, -0.05) is 0 Å². The topological polar surface area (TPSA) is 0 Å². The molecule has 0 spiro atoms. The van der Waals surface area contributed by atoms with Gasteiger partial charge in [0.1, 0.15) is 0 Å². The Morgan fingerprint density at radius 1 is 0.938 bits per heavy atom. The highest BCUT2D eigenvalue weighted by Crippen LogP contribution is 2.46. The van der Waals surface area contributed by atoms with Crippen LogP contribution in [0.3, 0.4) is 0 Å². The molecule has 0 saturated carbocycles. The molecular weight excluding hydrogens is 279 g/mol. The van der Waals surface area contributed by atoms with Gasteiger partial charge in [-0.25, -0.2) is 17.6 Å². The third kappa shape index (κ3) is 2.55. The first-order chi connectivity index (χ1) is 6.96. The van der Waals surface area contributed by atoms with Crippen molar-refractivity contribution in [1.29, 1.82) is 0 Å². The van der Waals surface area contributed by atoms with E-state index in [4.69, 9.17) is 0 Å². The van der Waals surface area contributed by atoms with E-state index in [-0.39, 0.29) is 0 Å². The van der Waals surface area contributed by atoms with Crippen LogP contribution in [0.4, 0.5) is 39.5 Å². The Morgan fingerprint density at radius 2 is 1.31 bits per heavy atom. The van der Waals surface area contributed by atoms with Crippen molar-refractivity contribution < 1.29 is 39.5 Å². The van der Waals surface area contributed by atoms with Gasteiger partial charge >= 0.3 is 11.8 Å². The lowest BCUT2D eigenvalue weighted by molar-refractivity contribution is -0.246. The first-order valence-corrected chi connectivity index (χ1v) is 3.73. The number of rotatable bonds is 4. The zero-order valence-electron chi connectivity index (χ0n) is 6.93. The normalized spacial score (nSPS) is 17.4. The van der Waals surface area contributed by atoms with E-state index in [9.17, 15) is 39.5 Å². The van der Waals surface area contributed by atoms with E-state index in [1.165, 1.54) is 0 Å². The molecule has 10 heteroatoms. The predicted molar refractivity (Wildman–Crippen MR) is 35.9 cm³/mol. The van der Waals surface area contributed by atoms with Gasteiger partial charge in [-0.3, -0.25) is 0 Å². The summed E-state index contributed by atoms with van der Waals surface area (Å²) in [6, 6.07) is 0. The Morgan fingerprint density at radius 3 is 1.56 bits per heavy atom. The summed E-state index contributed by atoms with van der Waals surface area (Å²) in [5, 5.41) is -2.87. The van der Waals surface area contributed by atoms with Gasteiger partial charge < -0.3 is 0 Å². The van der Waals surface area contributed by atoms with E-state index in [2.05, 4.69) is 11.6 Å². The Bertz CT molecular complexity index is 280. The maximum atomic E-state index is 12.4. The van der Waals surface area contributed by atoms with Crippen molar-refractivity contribution in [3.05, 3.63) is 11.1 Å². The minimum atomic E-state index is -6.13. The summed E-state index contributed by atoms with van der Waals surface area (Å²) in [4.78, 5) is 0. The molecule has 0 nitrogen and oxygen atoms in total. The SMILES string of the molecule is FC(Cl)=C(F)C(F)(F)C(F)(F)C(F)C(F)F. The van der Waals surface area contributed by atoms with E-state index < -0.39 is 35.6 Å². The summed E-state index contributed by atoms with van der Waals surface area (Å²) in [6.45, 7) is 0. The zero-order chi connectivity index (χ0) is 13.3. The predicted octanol–water partition coefficient (Wildman–Crippen LogP) is 4.21. The average Bonchev–Trinajstić information content (AvgIpc) is 2.14. The number of hydrogen-bond acceptors (Lipinski definition) is 0. The van der Waals surface area contributed by atoms with Crippen molar-refractivity contribution in [2.75, 3.05) is 0 Å². The molecule has 0 N–H and O–H groups in total. The van der Waals surface area contributed by atoms with Crippen molar-refractivity contribution in [3.63, 3.8) is 0 Å². The molecule has 0 aliphatic rings. The molecule has 0 aliphatic carbocycles. The zero-order valence-corrected chi connectivity index (χ0v) is 7.69. The van der Waals surface area contributed by atoms with E-state index in [0.717, 1.165) is 0 Å². The van der Waals surface area contributed by atoms with Crippen molar-refractivity contribution in [2.45, 2.75) is 24.4 Å². The smallest absolute Gasteiger partial charge is 0.234 e. The third-order valence-corrected chi connectivity index (χ3v) is 1.59. The fourth-order valence-electron chi connectivity index (χ4n) is 0.596. The molecule has 0 heterocycles. The van der Waals surface area contributed by atoms with Crippen LogP contribution in [0.5, 0.6) is 0 Å². The van der Waals surface area contributed by atoms with Crippen molar-refractivity contribution >= 4 is 11.6 Å². The molecular formula is C6H2ClF9. The Kier molecular flexibility index (Phi) is 4.55. The van der Waals surface area contributed by atoms with E-state index >= 15 is 0 Å². The van der Waals surface area contributed by atoms with Gasteiger partial charge in [0.05, 0.1) is 0 Å². The van der Waals surface area contributed by atoms with Gasteiger partial charge in [0.15, 0.2) is 0 Å². The summed E-state index contributed by atoms with van der Waals surface area (Å²) in [6.07, 6.45) is -9.16. The fraction of sp³-hybridized carbons (Fsp3) is 0.667. The highest BCUT2D eigenvalue weighted by atomic mass is 35.5. The van der Waals surface area contributed by atoms with Crippen LogP contribution >= 0.6 is 11.6 Å². The van der Waals surface area contributed by atoms with E-state index in [1.54, 1.807) is 0 Å². The number of alkyl halides is 7. The van der Waals surface area contributed by atoms with Crippen LogP contribution in [0, 0.1) is 0 Å². The van der Waals surface area contributed by atoms with Crippen molar-refractivity contribution in [2.24, 2.45) is 0 Å². The monoisotopic (exact) mass is 280 g/mol. The van der Waals surface area contributed by atoms with Crippen LogP contribution in [-0.4, -0.2) is 24.4 Å². The Labute approximate surface area is 87.7 Å². The molecule has 1 atom stereocenters. The van der Waals surface area contributed by atoms with Crippen LogP contribution in [0.1, 0.15) is 0 Å². The lowest BCUT2D eigenvalue weighted by atomic mass is 10.1. The van der Waals surface area contributed by atoms with Crippen molar-refractivity contribution in [3.8, 4) is 0 Å². The van der Waals surface area contributed by atoms with Crippen molar-refractivity contribution in [1.82, 2.24) is 0 Å². The molecule has 0 rings (SSSR count). The standard InChI is InChI=1S/C6H2ClF9/c7-3(10)1(8)5(13,14)6(15,16)2(9)4(11)12/h2,4H. The highest BCUT2D eigenvalue weighted by molar-refractivity contribution is 6.28. The Balaban J connectivity index is 5.38. The molecule has 1 unspecified atom stereocenters. The second-order valence-electron chi connectivity index (χ2n) is 2.51. The van der Waals surface area contributed by atoms with Gasteiger partial charge in [-0.15, -0.1) is 0 Å². The highest BCUT2D eigenvalue weighted by Gasteiger charge is 2.68. The van der Waals surface area contributed by atoms with E-state index in [0.29, 0.717) is 0 Å². The molecule has 0 bridgehead atoms. The first-order valence-electron chi connectivity index (χ1n) is 3.35. The average molecular weight is 281 g/mol. The maximum Gasteiger partial charge on any atom is 0.367 e. The van der Waals surface area contributed by atoms with Gasteiger partial charge in [-0.2, -0.15) is 22.0 Å². The summed E-state index contributed by atoms with van der Waals surface area (Å²) in [5.74, 6) is -15.7. The van der Waals surface area contributed by atoms with Crippen LogP contribution in [0.15, 0.2) is 11.1 Å². The van der Waals surface area contributed by atoms with Crippen LogP contribution in [0.2, 0.25) is 0 Å². The molecule has 0 saturated heterocycles. The summed E-state index contributed by atoms with van der Waals surface area (Å²) in [7, 11) is 0. The molecule has 16 heavy (non-hydrogen) atoms. The van der Waals surface area contributed by atoms with Crippen LogP contribution in [0.25, 0.3) is 0 Å². The summed E-state index contributed by atoms with van der Waals surface area (Å²) < 4.78 is 108. The fourth-order valence-corrected chi connectivity index (χ4v) is 0.715. The number of hydrogen-bond donors (Lipinski definition) is 0. The second-order valence-corrected chi connectivity index (χ2v) is 2.84. The molecule has 0 amide bonds. The molecule has 96 valence electrons. The second kappa shape index (κ2) is 4.72. The molecule has 0 aromatic heterocycles. The van der Waals surface area contributed by atoms with Crippen LogP contribution < -0.4 is 0 Å². The van der Waals surface area contributed by atoms with Gasteiger partial charge in [-0.05, 0) is 11.6 Å².